The van der Waals surface area contributed by atoms with Gasteiger partial charge in [0.25, 0.3) is 0 Å². The SMILES string of the molecule is Cc1ccc2ccccc2c1C(=O)OCC(=O)COC(=O)c1c(C)ccc2ccccc12. The van der Waals surface area contributed by atoms with Gasteiger partial charge in [-0.1, -0.05) is 72.8 Å². The largest absolute Gasteiger partial charge is 0.454 e. The predicted molar refractivity (Wildman–Crippen MR) is 123 cm³/mol. The lowest BCUT2D eigenvalue weighted by Crippen LogP contribution is -2.21. The third-order valence-electron chi connectivity index (χ3n) is 5.41. The van der Waals surface area contributed by atoms with Gasteiger partial charge >= 0.3 is 11.9 Å². The van der Waals surface area contributed by atoms with Crippen molar-refractivity contribution >= 4 is 39.3 Å². The lowest BCUT2D eigenvalue weighted by molar-refractivity contribution is -0.125. The van der Waals surface area contributed by atoms with Gasteiger partial charge in [-0.2, -0.15) is 0 Å². The van der Waals surface area contributed by atoms with Gasteiger partial charge in [-0.25, -0.2) is 9.59 Å². The first-order valence-corrected chi connectivity index (χ1v) is 10.3. The summed E-state index contributed by atoms with van der Waals surface area (Å²) in [6.45, 7) is 2.70. The molecule has 0 unspecified atom stereocenters. The summed E-state index contributed by atoms with van der Waals surface area (Å²) in [6, 6.07) is 22.5. The molecule has 0 radical (unpaired) electrons. The minimum absolute atomic E-state index is 0.430. The van der Waals surface area contributed by atoms with E-state index in [1.165, 1.54) is 0 Å². The van der Waals surface area contributed by atoms with E-state index in [2.05, 4.69) is 0 Å². The Morgan fingerprint density at radius 1 is 0.594 bits per heavy atom. The molecular weight excluding hydrogens is 404 g/mol. The lowest BCUT2D eigenvalue weighted by atomic mass is 10.00. The van der Waals surface area contributed by atoms with Crippen molar-refractivity contribution in [2.75, 3.05) is 13.2 Å². The van der Waals surface area contributed by atoms with Crippen LogP contribution >= 0.6 is 0 Å². The number of Topliss-reactive ketones (excluding diaryl/α,β-unsaturated/α-hetero) is 1. The molecule has 0 aromatic heterocycles. The Labute approximate surface area is 185 Å². The summed E-state index contributed by atoms with van der Waals surface area (Å²) in [5, 5.41) is 3.36. The molecule has 0 aliphatic heterocycles. The summed E-state index contributed by atoms with van der Waals surface area (Å²) in [5.41, 5.74) is 2.39. The fraction of sp³-hybridized carbons (Fsp3) is 0.148. The second-order valence-electron chi connectivity index (χ2n) is 7.65. The highest BCUT2D eigenvalue weighted by Crippen LogP contribution is 2.24. The fourth-order valence-corrected chi connectivity index (χ4v) is 3.78. The van der Waals surface area contributed by atoms with Crippen LogP contribution in [0.15, 0.2) is 72.8 Å². The Morgan fingerprint density at radius 2 is 1.00 bits per heavy atom. The van der Waals surface area contributed by atoms with Gasteiger partial charge in [-0.15, -0.1) is 0 Å². The molecule has 160 valence electrons. The molecule has 0 atom stereocenters. The Balaban J connectivity index is 1.41. The molecule has 4 rings (SSSR count). The van der Waals surface area contributed by atoms with Crippen LogP contribution in [0.4, 0.5) is 0 Å². The van der Waals surface area contributed by atoms with Gasteiger partial charge in [0, 0.05) is 0 Å². The van der Waals surface area contributed by atoms with Crippen molar-refractivity contribution < 1.29 is 23.9 Å². The first kappa shape index (κ1) is 21.2. The van der Waals surface area contributed by atoms with Crippen molar-refractivity contribution in [1.29, 1.82) is 0 Å². The summed E-state index contributed by atoms with van der Waals surface area (Å²) in [4.78, 5) is 37.6. The van der Waals surface area contributed by atoms with Gasteiger partial charge < -0.3 is 9.47 Å². The van der Waals surface area contributed by atoms with E-state index in [9.17, 15) is 14.4 Å². The smallest absolute Gasteiger partial charge is 0.339 e. The maximum atomic E-state index is 12.7. The molecule has 4 aromatic carbocycles. The van der Waals surface area contributed by atoms with Crippen molar-refractivity contribution in [3.05, 3.63) is 95.1 Å². The standard InChI is InChI=1S/C27H22O5/c1-17-11-13-19-7-3-5-9-22(19)24(17)26(29)31-15-21(28)16-32-27(30)25-18(2)12-14-20-8-4-6-10-23(20)25/h3-14H,15-16H2,1-2H3. The molecule has 0 spiro atoms. The minimum atomic E-state index is -0.580. The van der Waals surface area contributed by atoms with Crippen molar-refractivity contribution in [2.24, 2.45) is 0 Å². The number of hydrogen-bond acceptors (Lipinski definition) is 5. The van der Waals surface area contributed by atoms with Crippen LogP contribution in [0.5, 0.6) is 0 Å². The van der Waals surface area contributed by atoms with E-state index in [-0.39, 0.29) is 0 Å². The average molecular weight is 426 g/mol. The fourth-order valence-electron chi connectivity index (χ4n) is 3.78. The van der Waals surface area contributed by atoms with E-state index in [4.69, 9.17) is 9.47 Å². The number of aryl methyl sites for hydroxylation is 2. The molecule has 0 heterocycles. The zero-order valence-corrected chi connectivity index (χ0v) is 17.9. The van der Waals surface area contributed by atoms with Crippen molar-refractivity contribution in [3.63, 3.8) is 0 Å². The third kappa shape index (κ3) is 4.23. The quantitative estimate of drug-likeness (QED) is 0.397. The predicted octanol–water partition coefficient (Wildman–Crippen LogP) is 5.19. The lowest BCUT2D eigenvalue weighted by Gasteiger charge is -2.11. The molecule has 0 amide bonds. The highest BCUT2D eigenvalue weighted by Gasteiger charge is 2.19. The van der Waals surface area contributed by atoms with Crippen LogP contribution in [0.1, 0.15) is 31.8 Å². The number of ether oxygens (including phenoxy) is 2. The summed E-state index contributed by atoms with van der Waals surface area (Å²) >= 11 is 0. The molecule has 0 saturated carbocycles. The number of ketones is 1. The molecule has 0 saturated heterocycles. The summed E-state index contributed by atoms with van der Waals surface area (Å²) < 4.78 is 10.5. The van der Waals surface area contributed by atoms with Crippen LogP contribution in [-0.4, -0.2) is 30.9 Å². The molecule has 4 aromatic rings. The first-order valence-electron chi connectivity index (χ1n) is 10.3. The van der Waals surface area contributed by atoms with Crippen LogP contribution in [0.3, 0.4) is 0 Å². The summed E-state index contributed by atoms with van der Waals surface area (Å²) in [6.07, 6.45) is 0. The third-order valence-corrected chi connectivity index (χ3v) is 5.41. The van der Waals surface area contributed by atoms with Gasteiger partial charge in [0.2, 0.25) is 5.78 Å². The van der Waals surface area contributed by atoms with Crippen LogP contribution in [0.25, 0.3) is 21.5 Å². The van der Waals surface area contributed by atoms with Gasteiger partial charge in [0.05, 0.1) is 11.1 Å². The van der Waals surface area contributed by atoms with Gasteiger partial charge in [-0.3, -0.25) is 4.79 Å². The molecule has 32 heavy (non-hydrogen) atoms. The second-order valence-corrected chi connectivity index (χ2v) is 7.65. The summed E-state index contributed by atoms with van der Waals surface area (Å²) in [5.74, 6) is -1.66. The molecule has 0 N–H and O–H groups in total. The van der Waals surface area contributed by atoms with Gasteiger partial charge in [-0.05, 0) is 46.5 Å². The molecule has 0 fully saturated rings. The van der Waals surface area contributed by atoms with Crippen LogP contribution in [0, 0.1) is 13.8 Å². The van der Waals surface area contributed by atoms with Gasteiger partial charge in [0.1, 0.15) is 0 Å². The van der Waals surface area contributed by atoms with Crippen LogP contribution in [-0.2, 0) is 14.3 Å². The Kier molecular flexibility index (Phi) is 5.99. The first-order chi connectivity index (χ1) is 15.5. The molecule has 5 nitrogen and oxygen atoms in total. The number of carbonyl (C=O) groups is 3. The Morgan fingerprint density at radius 3 is 1.44 bits per heavy atom. The van der Waals surface area contributed by atoms with Crippen LogP contribution < -0.4 is 0 Å². The normalized spacial score (nSPS) is 10.8. The van der Waals surface area contributed by atoms with E-state index in [1.54, 1.807) is 0 Å². The van der Waals surface area contributed by atoms with Crippen molar-refractivity contribution in [1.82, 2.24) is 0 Å². The van der Waals surface area contributed by atoms with E-state index < -0.39 is 30.9 Å². The number of benzene rings is 4. The maximum absolute atomic E-state index is 12.7. The maximum Gasteiger partial charge on any atom is 0.339 e. The number of carbonyl (C=O) groups excluding carboxylic acids is 3. The van der Waals surface area contributed by atoms with Crippen molar-refractivity contribution in [2.45, 2.75) is 13.8 Å². The minimum Gasteiger partial charge on any atom is -0.454 e. The molecular formula is C27H22O5. The second kappa shape index (κ2) is 9.02. The molecule has 5 heteroatoms. The molecule has 0 aliphatic rings. The number of rotatable bonds is 6. The highest BCUT2D eigenvalue weighted by molar-refractivity contribution is 6.07. The van der Waals surface area contributed by atoms with E-state index in [0.717, 1.165) is 32.7 Å². The Hall–Kier alpha value is -3.99. The van der Waals surface area contributed by atoms with Gasteiger partial charge in [0.15, 0.2) is 13.2 Å². The number of esters is 2. The zero-order chi connectivity index (χ0) is 22.7. The Bertz CT molecular complexity index is 1250. The number of hydrogen-bond donors (Lipinski definition) is 0. The van der Waals surface area contributed by atoms with E-state index in [0.29, 0.717) is 11.1 Å². The van der Waals surface area contributed by atoms with E-state index >= 15 is 0 Å². The topological polar surface area (TPSA) is 69.7 Å². The highest BCUT2D eigenvalue weighted by atomic mass is 16.6. The molecule has 0 bridgehead atoms. The number of fused-ring (bicyclic) bond motifs is 2. The summed E-state index contributed by atoms with van der Waals surface area (Å²) in [7, 11) is 0. The molecule has 0 aliphatic carbocycles. The monoisotopic (exact) mass is 426 g/mol. The van der Waals surface area contributed by atoms with Crippen LogP contribution in [0.2, 0.25) is 0 Å². The van der Waals surface area contributed by atoms with E-state index in [1.807, 2.05) is 86.6 Å². The zero-order valence-electron chi connectivity index (χ0n) is 17.9. The average Bonchev–Trinajstić information content (AvgIpc) is 2.80. The van der Waals surface area contributed by atoms with Crippen molar-refractivity contribution in [3.8, 4) is 0 Å².